The van der Waals surface area contributed by atoms with Crippen LogP contribution >= 0.6 is 11.8 Å². The van der Waals surface area contributed by atoms with Gasteiger partial charge in [-0.1, -0.05) is 30.3 Å². The molecule has 3 N–H and O–H groups in total. The number of anilines is 2. The van der Waals surface area contributed by atoms with Crippen LogP contribution in [0.4, 0.5) is 11.4 Å². The number of carbonyl (C=O) groups excluding carboxylic acids is 3. The summed E-state index contributed by atoms with van der Waals surface area (Å²) in [6.45, 7) is 3.94. The van der Waals surface area contributed by atoms with Crippen LogP contribution in [0.25, 0.3) is 6.08 Å². The van der Waals surface area contributed by atoms with E-state index in [1.165, 1.54) is 24.9 Å². The maximum Gasteiger partial charge on any atom is 0.272 e. The molecule has 9 heteroatoms. The first-order valence-corrected chi connectivity index (χ1v) is 14.5. The summed E-state index contributed by atoms with van der Waals surface area (Å²) in [5.74, 6) is 0.241. The molecular formula is C34H33N3O5S. The van der Waals surface area contributed by atoms with Crippen LogP contribution in [-0.2, 0) is 9.59 Å². The predicted octanol–water partition coefficient (Wildman–Crippen LogP) is 6.46. The zero-order valence-electron chi connectivity index (χ0n) is 24.4. The van der Waals surface area contributed by atoms with Crippen molar-refractivity contribution in [2.75, 3.05) is 30.6 Å². The second kappa shape index (κ2) is 14.7. The first-order valence-electron chi connectivity index (χ1n) is 13.5. The summed E-state index contributed by atoms with van der Waals surface area (Å²) in [5, 5.41) is 8.53. The third-order valence-corrected chi connectivity index (χ3v) is 7.43. The van der Waals surface area contributed by atoms with E-state index in [1.54, 1.807) is 67.8 Å². The summed E-state index contributed by atoms with van der Waals surface area (Å²) in [6, 6.07) is 26.9. The molecule has 0 aromatic heterocycles. The molecule has 0 heterocycles. The van der Waals surface area contributed by atoms with Gasteiger partial charge >= 0.3 is 0 Å². The molecule has 0 saturated carbocycles. The molecule has 8 nitrogen and oxygen atoms in total. The van der Waals surface area contributed by atoms with Gasteiger partial charge in [-0.05, 0) is 91.7 Å². The summed E-state index contributed by atoms with van der Waals surface area (Å²) in [7, 11) is 3.06. The zero-order chi connectivity index (χ0) is 30.8. The van der Waals surface area contributed by atoms with Crippen molar-refractivity contribution in [3.63, 3.8) is 0 Å². The lowest BCUT2D eigenvalue weighted by molar-refractivity contribution is -0.114. The number of rotatable bonds is 11. The lowest BCUT2D eigenvalue weighted by atomic mass is 10.1. The molecule has 0 aliphatic rings. The van der Waals surface area contributed by atoms with E-state index >= 15 is 0 Å². The molecule has 0 spiro atoms. The molecule has 0 bridgehead atoms. The van der Waals surface area contributed by atoms with Crippen LogP contribution in [-0.4, -0.2) is 37.7 Å². The highest BCUT2D eigenvalue weighted by atomic mass is 32.2. The minimum atomic E-state index is -0.526. The number of ether oxygens (including phenoxy) is 2. The van der Waals surface area contributed by atoms with Crippen LogP contribution in [0, 0.1) is 13.8 Å². The summed E-state index contributed by atoms with van der Waals surface area (Å²) in [6.07, 6.45) is 1.54. The second-order valence-corrected chi connectivity index (χ2v) is 10.7. The second-order valence-electron chi connectivity index (χ2n) is 9.62. The number of carbonyl (C=O) groups is 3. The Morgan fingerprint density at radius 3 is 2.26 bits per heavy atom. The van der Waals surface area contributed by atoms with E-state index in [-0.39, 0.29) is 17.4 Å². The highest BCUT2D eigenvalue weighted by Gasteiger charge is 2.17. The van der Waals surface area contributed by atoms with Gasteiger partial charge in [-0.2, -0.15) is 0 Å². The number of hydrogen-bond donors (Lipinski definition) is 3. The smallest absolute Gasteiger partial charge is 0.272 e. The summed E-state index contributed by atoms with van der Waals surface area (Å²) in [5.41, 5.74) is 4.37. The molecule has 0 fully saturated rings. The van der Waals surface area contributed by atoms with Crippen LogP contribution in [0.2, 0.25) is 0 Å². The topological polar surface area (TPSA) is 106 Å². The minimum absolute atomic E-state index is 0.0157. The van der Waals surface area contributed by atoms with Gasteiger partial charge < -0.3 is 25.4 Å². The lowest BCUT2D eigenvalue weighted by Crippen LogP contribution is -2.30. The largest absolute Gasteiger partial charge is 0.497 e. The molecule has 4 aromatic rings. The Hall–Kier alpha value is -5.02. The quantitative estimate of drug-likeness (QED) is 0.136. The number of thioether (sulfide) groups is 1. The molecule has 0 saturated heterocycles. The van der Waals surface area contributed by atoms with Crippen LogP contribution in [0.5, 0.6) is 11.5 Å². The highest BCUT2D eigenvalue weighted by Crippen LogP contribution is 2.27. The zero-order valence-corrected chi connectivity index (χ0v) is 25.2. The third kappa shape index (κ3) is 8.73. The molecule has 0 aliphatic heterocycles. The van der Waals surface area contributed by atoms with E-state index in [0.29, 0.717) is 28.3 Å². The molecule has 0 unspecified atom stereocenters. The van der Waals surface area contributed by atoms with Crippen molar-refractivity contribution in [3.05, 3.63) is 119 Å². The van der Waals surface area contributed by atoms with Crippen LogP contribution in [0.15, 0.2) is 102 Å². The molecule has 0 radical (unpaired) electrons. The van der Waals surface area contributed by atoms with E-state index in [1.807, 2.05) is 44.2 Å². The fourth-order valence-electron chi connectivity index (χ4n) is 4.09. The van der Waals surface area contributed by atoms with E-state index in [4.69, 9.17) is 9.47 Å². The Kier molecular flexibility index (Phi) is 10.6. The van der Waals surface area contributed by atoms with Crippen molar-refractivity contribution >= 4 is 46.9 Å². The molecule has 0 atom stereocenters. The Morgan fingerprint density at radius 1 is 0.814 bits per heavy atom. The first kappa shape index (κ1) is 30.9. The Labute approximate surface area is 255 Å². The Bertz CT molecular complexity index is 1640. The van der Waals surface area contributed by atoms with Crippen molar-refractivity contribution < 1.29 is 23.9 Å². The molecule has 220 valence electrons. The van der Waals surface area contributed by atoms with E-state index < -0.39 is 11.8 Å². The summed E-state index contributed by atoms with van der Waals surface area (Å²) in [4.78, 5) is 39.8. The number of methoxy groups -OCH3 is 2. The molecule has 4 rings (SSSR count). The molecule has 0 aliphatic carbocycles. The minimum Gasteiger partial charge on any atom is -0.497 e. The Morgan fingerprint density at radius 2 is 1.56 bits per heavy atom. The van der Waals surface area contributed by atoms with Crippen LogP contribution in [0.3, 0.4) is 0 Å². The third-order valence-electron chi connectivity index (χ3n) is 6.41. The normalized spacial score (nSPS) is 10.9. The fraction of sp³-hybridized carbons (Fsp3) is 0.147. The number of hydrogen-bond acceptors (Lipinski definition) is 6. The predicted molar refractivity (Wildman–Crippen MR) is 172 cm³/mol. The number of benzene rings is 4. The van der Waals surface area contributed by atoms with Crippen molar-refractivity contribution in [3.8, 4) is 11.5 Å². The highest BCUT2D eigenvalue weighted by molar-refractivity contribution is 8.00. The van der Waals surface area contributed by atoms with Gasteiger partial charge in [-0.25, -0.2) is 0 Å². The van der Waals surface area contributed by atoms with Gasteiger partial charge in [-0.15, -0.1) is 11.8 Å². The maximum atomic E-state index is 13.4. The SMILES string of the molecule is COc1ccc(OC)c(/C=C(\NC(=O)c2ccccc2)C(=O)Nc2ccc(SCC(=O)Nc3cc(C)ccc3C)cc2)c1. The number of aryl methyl sites for hydroxylation is 2. The van der Waals surface area contributed by atoms with Gasteiger partial charge in [0.25, 0.3) is 11.8 Å². The van der Waals surface area contributed by atoms with E-state index in [2.05, 4.69) is 16.0 Å². The molecule has 4 aromatic carbocycles. The maximum absolute atomic E-state index is 13.4. The van der Waals surface area contributed by atoms with Gasteiger partial charge in [-0.3, -0.25) is 14.4 Å². The van der Waals surface area contributed by atoms with Gasteiger partial charge in [0, 0.05) is 27.4 Å². The van der Waals surface area contributed by atoms with Crippen LogP contribution in [0.1, 0.15) is 27.0 Å². The number of nitrogens with one attached hydrogen (secondary N) is 3. The molecule has 3 amide bonds. The average molecular weight is 596 g/mol. The summed E-state index contributed by atoms with van der Waals surface area (Å²) >= 11 is 1.39. The van der Waals surface area contributed by atoms with E-state index in [0.717, 1.165) is 21.7 Å². The van der Waals surface area contributed by atoms with Crippen LogP contribution < -0.4 is 25.4 Å². The van der Waals surface area contributed by atoms with Gasteiger partial charge in [0.2, 0.25) is 5.91 Å². The van der Waals surface area contributed by atoms with Gasteiger partial charge in [0.15, 0.2) is 0 Å². The van der Waals surface area contributed by atoms with E-state index in [9.17, 15) is 14.4 Å². The Balaban J connectivity index is 1.47. The van der Waals surface area contributed by atoms with Crippen molar-refractivity contribution in [1.29, 1.82) is 0 Å². The standard InChI is InChI=1S/C34H33N3O5S/c1-22-10-11-23(2)29(18-22)36-32(38)21-43-28-15-12-26(13-16-28)35-34(40)30(37-33(39)24-8-6-5-7-9-24)20-25-19-27(41-3)14-17-31(25)42-4/h5-20H,21H2,1-4H3,(H,35,40)(H,36,38)(H,37,39)/b30-20-. The van der Waals surface area contributed by atoms with Crippen molar-refractivity contribution in [2.45, 2.75) is 18.7 Å². The lowest BCUT2D eigenvalue weighted by Gasteiger charge is -2.13. The number of amides is 3. The molecule has 43 heavy (non-hydrogen) atoms. The van der Waals surface area contributed by atoms with Gasteiger partial charge in [0.05, 0.1) is 20.0 Å². The first-order chi connectivity index (χ1) is 20.7. The molecular weight excluding hydrogens is 562 g/mol. The van der Waals surface area contributed by atoms with Crippen molar-refractivity contribution in [1.82, 2.24) is 5.32 Å². The van der Waals surface area contributed by atoms with Gasteiger partial charge in [0.1, 0.15) is 17.2 Å². The monoisotopic (exact) mass is 595 g/mol. The summed E-state index contributed by atoms with van der Waals surface area (Å²) < 4.78 is 10.8. The average Bonchev–Trinajstić information content (AvgIpc) is 3.02. The fourth-order valence-corrected chi connectivity index (χ4v) is 4.79. The van der Waals surface area contributed by atoms with Crippen molar-refractivity contribution in [2.24, 2.45) is 0 Å².